The number of anilines is 3. The molecule has 2 N–H and O–H groups in total. The molecule has 0 bridgehead atoms. The van der Waals surface area contributed by atoms with Crippen molar-refractivity contribution in [3.63, 3.8) is 0 Å². The molecule has 1 aromatic heterocycles. The van der Waals surface area contributed by atoms with Crippen molar-refractivity contribution in [2.45, 2.75) is 11.8 Å². The van der Waals surface area contributed by atoms with E-state index in [9.17, 15) is 12.8 Å². The minimum Gasteiger partial charge on any atom is -0.352 e. The third kappa shape index (κ3) is 4.13. The number of pyridine rings is 1. The molecule has 0 spiro atoms. The van der Waals surface area contributed by atoms with Crippen molar-refractivity contribution in [3.05, 3.63) is 78.2 Å². The van der Waals surface area contributed by atoms with Crippen molar-refractivity contribution in [2.24, 2.45) is 0 Å². The predicted octanol–water partition coefficient (Wildman–Crippen LogP) is 4.07. The molecule has 7 heteroatoms. The number of halogens is 1. The van der Waals surface area contributed by atoms with Gasteiger partial charge in [-0.1, -0.05) is 29.8 Å². The summed E-state index contributed by atoms with van der Waals surface area (Å²) >= 11 is 0. The third-order valence-corrected chi connectivity index (χ3v) is 4.86. The Hall–Kier alpha value is -2.93. The summed E-state index contributed by atoms with van der Waals surface area (Å²) in [5.74, 6) is -0.202. The number of aryl methyl sites for hydroxylation is 1. The summed E-state index contributed by atoms with van der Waals surface area (Å²) in [4.78, 5) is 4.22. The van der Waals surface area contributed by atoms with Gasteiger partial charge in [-0.15, -0.1) is 0 Å². The van der Waals surface area contributed by atoms with Crippen molar-refractivity contribution in [3.8, 4) is 0 Å². The first kappa shape index (κ1) is 16.9. The largest absolute Gasteiger partial charge is 0.352 e. The minimum atomic E-state index is -3.70. The van der Waals surface area contributed by atoms with E-state index in [4.69, 9.17) is 0 Å². The van der Waals surface area contributed by atoms with E-state index in [1.807, 2.05) is 6.92 Å². The summed E-state index contributed by atoms with van der Waals surface area (Å²) in [6.07, 6.45) is 1.43. The molecule has 3 aromatic rings. The third-order valence-electron chi connectivity index (χ3n) is 3.49. The van der Waals surface area contributed by atoms with E-state index < -0.39 is 10.0 Å². The number of nitrogens with zero attached hydrogens (tertiary/aromatic N) is 1. The number of hydrogen-bond acceptors (Lipinski definition) is 4. The Labute approximate surface area is 145 Å². The highest BCUT2D eigenvalue weighted by Gasteiger charge is 2.14. The second-order valence-electron chi connectivity index (χ2n) is 5.46. The van der Waals surface area contributed by atoms with E-state index >= 15 is 0 Å². The van der Waals surface area contributed by atoms with E-state index in [1.54, 1.807) is 36.4 Å². The first-order chi connectivity index (χ1) is 11.9. The van der Waals surface area contributed by atoms with Gasteiger partial charge in [0.25, 0.3) is 10.0 Å². The molecule has 0 aliphatic rings. The molecule has 0 fully saturated rings. The number of aromatic nitrogens is 1. The van der Waals surface area contributed by atoms with Crippen molar-refractivity contribution in [2.75, 3.05) is 10.0 Å². The second-order valence-corrected chi connectivity index (χ2v) is 7.14. The lowest BCUT2D eigenvalue weighted by atomic mass is 10.2. The monoisotopic (exact) mass is 357 g/mol. The van der Waals surface area contributed by atoms with E-state index in [-0.39, 0.29) is 16.5 Å². The van der Waals surface area contributed by atoms with Crippen LogP contribution < -0.4 is 10.0 Å². The van der Waals surface area contributed by atoms with Crippen LogP contribution in [0, 0.1) is 12.7 Å². The highest BCUT2D eigenvalue weighted by molar-refractivity contribution is 7.92. The lowest BCUT2D eigenvalue weighted by molar-refractivity contribution is 0.601. The molecule has 2 aromatic carbocycles. The molecule has 0 amide bonds. The first-order valence-electron chi connectivity index (χ1n) is 7.51. The molecule has 1 heterocycles. The molecule has 0 saturated heterocycles. The minimum absolute atomic E-state index is 0.161. The molecule has 3 rings (SSSR count). The van der Waals surface area contributed by atoms with Crippen LogP contribution in [0.15, 0.2) is 71.8 Å². The van der Waals surface area contributed by atoms with Crippen molar-refractivity contribution in [1.29, 1.82) is 0 Å². The molecule has 0 saturated carbocycles. The fourth-order valence-electron chi connectivity index (χ4n) is 2.16. The molecular weight excluding hydrogens is 341 g/mol. The van der Waals surface area contributed by atoms with Crippen LogP contribution >= 0.6 is 0 Å². The van der Waals surface area contributed by atoms with Crippen LogP contribution in [0.5, 0.6) is 0 Å². The van der Waals surface area contributed by atoms with Crippen molar-refractivity contribution >= 4 is 27.2 Å². The number of benzene rings is 2. The molecule has 128 valence electrons. The molecule has 0 atom stereocenters. The molecule has 25 heavy (non-hydrogen) atoms. The number of hydrogen-bond donors (Lipinski definition) is 2. The summed E-state index contributed by atoms with van der Waals surface area (Å²) in [7, 11) is -3.70. The Bertz CT molecular complexity index is 972. The van der Waals surface area contributed by atoms with E-state index in [2.05, 4.69) is 15.0 Å². The maximum atomic E-state index is 13.6. The van der Waals surface area contributed by atoms with Gasteiger partial charge in [0, 0.05) is 0 Å². The van der Waals surface area contributed by atoms with Crippen LogP contribution in [0.1, 0.15) is 5.56 Å². The Morgan fingerprint density at radius 3 is 2.32 bits per heavy atom. The van der Waals surface area contributed by atoms with Crippen LogP contribution in [0.25, 0.3) is 0 Å². The van der Waals surface area contributed by atoms with Gasteiger partial charge in [-0.2, -0.15) is 0 Å². The quantitative estimate of drug-likeness (QED) is 0.722. The van der Waals surface area contributed by atoms with Crippen LogP contribution in [0.2, 0.25) is 0 Å². The van der Waals surface area contributed by atoms with Crippen LogP contribution in [0.4, 0.5) is 21.6 Å². The van der Waals surface area contributed by atoms with E-state index in [1.165, 1.54) is 30.5 Å². The van der Waals surface area contributed by atoms with Gasteiger partial charge < -0.3 is 5.32 Å². The summed E-state index contributed by atoms with van der Waals surface area (Å²) in [6.45, 7) is 1.88. The van der Waals surface area contributed by atoms with Gasteiger partial charge in [-0.05, 0) is 43.3 Å². The van der Waals surface area contributed by atoms with Gasteiger partial charge in [0.05, 0.1) is 22.5 Å². The maximum absolute atomic E-state index is 13.6. The van der Waals surface area contributed by atoms with Gasteiger partial charge in [0.1, 0.15) is 11.6 Å². The van der Waals surface area contributed by atoms with E-state index in [0.717, 1.165) is 5.56 Å². The lowest BCUT2D eigenvalue weighted by Gasteiger charge is -2.10. The average molecular weight is 357 g/mol. The van der Waals surface area contributed by atoms with Gasteiger partial charge in [0.15, 0.2) is 0 Å². The number of para-hydroxylation sites is 1. The number of nitrogens with one attached hydrogen (secondary N) is 2. The Morgan fingerprint density at radius 2 is 1.68 bits per heavy atom. The molecule has 0 aliphatic heterocycles. The summed E-state index contributed by atoms with van der Waals surface area (Å²) in [5, 5.41) is 2.89. The number of sulfonamides is 1. The van der Waals surface area contributed by atoms with Gasteiger partial charge in [0.2, 0.25) is 0 Å². The Balaban J connectivity index is 1.74. The SMILES string of the molecule is Cc1ccc(S(=O)(=O)Nc2ccc(Nc3ccccc3F)cn2)cc1. The Kier molecular flexibility index (Phi) is 4.67. The van der Waals surface area contributed by atoms with Gasteiger partial charge >= 0.3 is 0 Å². The summed E-state index contributed by atoms with van der Waals surface area (Å²) < 4.78 is 40.7. The Morgan fingerprint density at radius 1 is 0.960 bits per heavy atom. The van der Waals surface area contributed by atoms with Crippen molar-refractivity contribution in [1.82, 2.24) is 4.98 Å². The van der Waals surface area contributed by atoms with Gasteiger partial charge in [-0.25, -0.2) is 17.8 Å². The first-order valence-corrected chi connectivity index (χ1v) is 8.99. The zero-order valence-corrected chi connectivity index (χ0v) is 14.2. The number of rotatable bonds is 5. The smallest absolute Gasteiger partial charge is 0.263 e. The highest BCUT2D eigenvalue weighted by atomic mass is 32.2. The summed E-state index contributed by atoms with van der Waals surface area (Å²) in [5.41, 5.74) is 1.83. The van der Waals surface area contributed by atoms with Gasteiger partial charge in [-0.3, -0.25) is 4.72 Å². The molecule has 0 radical (unpaired) electrons. The fraction of sp³-hybridized carbons (Fsp3) is 0.0556. The molecule has 0 aliphatic carbocycles. The van der Waals surface area contributed by atoms with Crippen LogP contribution in [0.3, 0.4) is 0 Å². The topological polar surface area (TPSA) is 71.1 Å². The van der Waals surface area contributed by atoms with E-state index in [0.29, 0.717) is 11.4 Å². The van der Waals surface area contributed by atoms with Crippen LogP contribution in [-0.2, 0) is 10.0 Å². The molecule has 0 unspecified atom stereocenters. The standard InChI is InChI=1S/C18H16FN3O2S/c1-13-6-9-15(10-7-13)25(23,24)22-18-11-8-14(12-20-18)21-17-5-3-2-4-16(17)19/h2-12,21H,1H3,(H,20,22). The fourth-order valence-corrected chi connectivity index (χ4v) is 3.17. The normalized spacial score (nSPS) is 11.1. The molecule has 5 nitrogen and oxygen atoms in total. The van der Waals surface area contributed by atoms with Crippen LogP contribution in [-0.4, -0.2) is 13.4 Å². The van der Waals surface area contributed by atoms with Crippen molar-refractivity contribution < 1.29 is 12.8 Å². The summed E-state index contributed by atoms with van der Waals surface area (Å²) in [6, 6.07) is 15.9. The zero-order valence-electron chi connectivity index (χ0n) is 13.4. The zero-order chi connectivity index (χ0) is 17.9. The lowest BCUT2D eigenvalue weighted by Crippen LogP contribution is -2.13. The molecular formula is C18H16FN3O2S. The predicted molar refractivity (Wildman–Crippen MR) is 95.9 cm³/mol. The average Bonchev–Trinajstić information content (AvgIpc) is 2.59. The highest BCUT2D eigenvalue weighted by Crippen LogP contribution is 2.21. The maximum Gasteiger partial charge on any atom is 0.263 e. The second kappa shape index (κ2) is 6.90.